The number of aliphatic carboxylic acids is 1. The fourth-order valence-electron chi connectivity index (χ4n) is 2.56. The summed E-state index contributed by atoms with van der Waals surface area (Å²) in [7, 11) is 0. The van der Waals surface area contributed by atoms with Gasteiger partial charge in [-0.3, -0.25) is 9.59 Å². The van der Waals surface area contributed by atoms with Crippen LogP contribution < -0.4 is 0 Å². The standard InChI is InChI=1S/C14H13F4NO3/c1-7-8(3-2-4-11(7)15)12(20)19-5-9(13(21)22)10(6-19)14(16,17)18/h2-4,9-10H,5-6H2,1H3,(H,21,22)/t9-,10-/m1/s1. The maximum Gasteiger partial charge on any atom is 0.394 e. The largest absolute Gasteiger partial charge is 0.481 e. The molecule has 120 valence electrons. The predicted octanol–water partition coefficient (Wildman–Crippen LogP) is 2.47. The fourth-order valence-corrected chi connectivity index (χ4v) is 2.56. The molecule has 0 aromatic heterocycles. The number of alkyl halides is 3. The first-order valence-electron chi connectivity index (χ1n) is 6.47. The van der Waals surface area contributed by atoms with Gasteiger partial charge >= 0.3 is 12.1 Å². The van der Waals surface area contributed by atoms with Gasteiger partial charge in [0.1, 0.15) is 5.82 Å². The Hall–Kier alpha value is -2.12. The summed E-state index contributed by atoms with van der Waals surface area (Å²) < 4.78 is 52.1. The van der Waals surface area contributed by atoms with Gasteiger partial charge in [0.05, 0.1) is 11.8 Å². The number of halogens is 4. The maximum atomic E-state index is 13.5. The van der Waals surface area contributed by atoms with Gasteiger partial charge in [0.25, 0.3) is 5.91 Å². The van der Waals surface area contributed by atoms with E-state index >= 15 is 0 Å². The molecule has 1 aromatic carbocycles. The summed E-state index contributed by atoms with van der Waals surface area (Å²) in [5.41, 5.74) is -0.0400. The van der Waals surface area contributed by atoms with Crippen molar-refractivity contribution < 1.29 is 32.3 Å². The Morgan fingerprint density at radius 2 is 1.91 bits per heavy atom. The number of carbonyl (C=O) groups is 2. The Labute approximate surface area is 123 Å². The molecular weight excluding hydrogens is 306 g/mol. The van der Waals surface area contributed by atoms with E-state index in [2.05, 4.69) is 0 Å². The van der Waals surface area contributed by atoms with Crippen LogP contribution in [0.3, 0.4) is 0 Å². The van der Waals surface area contributed by atoms with Crippen LogP contribution >= 0.6 is 0 Å². The first kappa shape index (κ1) is 16.3. The topological polar surface area (TPSA) is 57.6 Å². The van der Waals surface area contributed by atoms with Crippen molar-refractivity contribution in [3.8, 4) is 0 Å². The van der Waals surface area contributed by atoms with Crippen molar-refractivity contribution >= 4 is 11.9 Å². The van der Waals surface area contributed by atoms with E-state index in [-0.39, 0.29) is 11.1 Å². The Morgan fingerprint density at radius 3 is 2.41 bits per heavy atom. The zero-order chi connectivity index (χ0) is 16.7. The number of hydrogen-bond acceptors (Lipinski definition) is 2. The third kappa shape index (κ3) is 2.90. The number of likely N-dealkylation sites (tertiary alicyclic amines) is 1. The van der Waals surface area contributed by atoms with Crippen molar-refractivity contribution in [3.63, 3.8) is 0 Å². The van der Waals surface area contributed by atoms with E-state index in [1.807, 2.05) is 0 Å². The third-order valence-electron chi connectivity index (χ3n) is 3.84. The first-order chi connectivity index (χ1) is 10.1. The normalized spacial score (nSPS) is 22.0. The van der Waals surface area contributed by atoms with Gasteiger partial charge in [0.2, 0.25) is 0 Å². The molecule has 1 aromatic rings. The second kappa shape index (κ2) is 5.58. The van der Waals surface area contributed by atoms with Gasteiger partial charge < -0.3 is 10.0 Å². The zero-order valence-electron chi connectivity index (χ0n) is 11.5. The van der Waals surface area contributed by atoms with Gasteiger partial charge in [-0.2, -0.15) is 13.2 Å². The quantitative estimate of drug-likeness (QED) is 0.852. The highest BCUT2D eigenvalue weighted by Crippen LogP contribution is 2.38. The minimum atomic E-state index is -4.71. The molecule has 4 nitrogen and oxygen atoms in total. The van der Waals surface area contributed by atoms with E-state index in [1.165, 1.54) is 19.1 Å². The molecule has 2 atom stereocenters. The van der Waals surface area contributed by atoms with E-state index in [9.17, 15) is 27.2 Å². The summed E-state index contributed by atoms with van der Waals surface area (Å²) in [6.45, 7) is 0.0537. The Bertz CT molecular complexity index is 615. The number of nitrogens with zero attached hydrogens (tertiary/aromatic N) is 1. The van der Waals surface area contributed by atoms with Crippen LogP contribution in [0.25, 0.3) is 0 Å². The second-order valence-corrected chi connectivity index (χ2v) is 5.22. The zero-order valence-corrected chi connectivity index (χ0v) is 11.5. The summed E-state index contributed by atoms with van der Waals surface area (Å²) in [5.74, 6) is -6.88. The molecule has 0 spiro atoms. The van der Waals surface area contributed by atoms with Crippen LogP contribution in [0.15, 0.2) is 18.2 Å². The Balaban J connectivity index is 2.29. The minimum absolute atomic E-state index is 0.0230. The van der Waals surface area contributed by atoms with Gasteiger partial charge in [-0.25, -0.2) is 4.39 Å². The van der Waals surface area contributed by atoms with Gasteiger partial charge in [-0.1, -0.05) is 6.07 Å². The number of carboxylic acids is 1. The highest BCUT2D eigenvalue weighted by Gasteiger charge is 2.53. The van der Waals surface area contributed by atoms with Crippen LogP contribution in [0.2, 0.25) is 0 Å². The molecule has 1 fully saturated rings. The molecule has 0 radical (unpaired) electrons. The summed E-state index contributed by atoms with van der Waals surface area (Å²) in [5, 5.41) is 8.92. The SMILES string of the molecule is Cc1c(F)cccc1C(=O)N1C[C@@H](C(F)(F)F)[C@H](C(=O)O)C1. The Kier molecular flexibility index (Phi) is 4.12. The Morgan fingerprint density at radius 1 is 1.27 bits per heavy atom. The molecule has 1 N–H and O–H groups in total. The van der Waals surface area contributed by atoms with Crippen molar-refractivity contribution in [3.05, 3.63) is 35.1 Å². The maximum absolute atomic E-state index is 13.5. The van der Waals surface area contributed by atoms with E-state index < -0.39 is 48.8 Å². The molecule has 0 unspecified atom stereocenters. The summed E-state index contributed by atoms with van der Waals surface area (Å²) in [6, 6.07) is 3.72. The van der Waals surface area contributed by atoms with Crippen LogP contribution in [0.5, 0.6) is 0 Å². The third-order valence-corrected chi connectivity index (χ3v) is 3.84. The minimum Gasteiger partial charge on any atom is -0.481 e. The number of carboxylic acid groups (broad SMARTS) is 1. The molecule has 8 heteroatoms. The van der Waals surface area contributed by atoms with E-state index in [0.717, 1.165) is 11.0 Å². The average Bonchev–Trinajstić information content (AvgIpc) is 2.86. The van der Waals surface area contributed by atoms with Crippen molar-refractivity contribution in [2.75, 3.05) is 13.1 Å². The molecule has 0 bridgehead atoms. The van der Waals surface area contributed by atoms with Crippen LogP contribution in [0.4, 0.5) is 17.6 Å². The molecule has 1 aliphatic heterocycles. The lowest BCUT2D eigenvalue weighted by molar-refractivity contribution is -0.187. The molecule has 1 aliphatic rings. The lowest BCUT2D eigenvalue weighted by atomic mass is 9.96. The molecule has 1 saturated heterocycles. The lowest BCUT2D eigenvalue weighted by Gasteiger charge is -2.19. The van der Waals surface area contributed by atoms with Crippen molar-refractivity contribution in [1.29, 1.82) is 0 Å². The van der Waals surface area contributed by atoms with Crippen LogP contribution in [-0.4, -0.2) is 41.1 Å². The number of hydrogen-bond donors (Lipinski definition) is 1. The van der Waals surface area contributed by atoms with E-state index in [0.29, 0.717) is 0 Å². The molecule has 0 aliphatic carbocycles. The van der Waals surface area contributed by atoms with Crippen molar-refractivity contribution in [1.82, 2.24) is 4.90 Å². The van der Waals surface area contributed by atoms with Gasteiger partial charge in [-0.15, -0.1) is 0 Å². The van der Waals surface area contributed by atoms with Gasteiger partial charge in [0.15, 0.2) is 0 Å². The van der Waals surface area contributed by atoms with E-state index in [1.54, 1.807) is 0 Å². The lowest BCUT2D eigenvalue weighted by Crippen LogP contribution is -2.34. The number of carbonyl (C=O) groups excluding carboxylic acids is 1. The summed E-state index contributed by atoms with van der Waals surface area (Å²) in [4.78, 5) is 24.1. The second-order valence-electron chi connectivity index (χ2n) is 5.22. The molecule has 2 rings (SSSR count). The van der Waals surface area contributed by atoms with Gasteiger partial charge in [-0.05, 0) is 24.6 Å². The number of benzene rings is 1. The fraction of sp³-hybridized carbons (Fsp3) is 0.429. The van der Waals surface area contributed by atoms with E-state index in [4.69, 9.17) is 5.11 Å². The van der Waals surface area contributed by atoms with Gasteiger partial charge in [0, 0.05) is 18.7 Å². The monoisotopic (exact) mass is 319 g/mol. The highest BCUT2D eigenvalue weighted by molar-refractivity contribution is 5.96. The van der Waals surface area contributed by atoms with Crippen molar-refractivity contribution in [2.45, 2.75) is 13.1 Å². The average molecular weight is 319 g/mol. The van der Waals surface area contributed by atoms with Crippen molar-refractivity contribution in [2.24, 2.45) is 11.8 Å². The number of rotatable bonds is 2. The molecule has 1 heterocycles. The predicted molar refractivity (Wildman–Crippen MR) is 67.7 cm³/mol. The molecule has 0 saturated carbocycles. The number of amides is 1. The molecular formula is C14H13F4NO3. The summed E-state index contributed by atoms with van der Waals surface area (Å²) >= 11 is 0. The molecule has 22 heavy (non-hydrogen) atoms. The highest BCUT2D eigenvalue weighted by atomic mass is 19.4. The smallest absolute Gasteiger partial charge is 0.394 e. The summed E-state index contributed by atoms with van der Waals surface area (Å²) in [6.07, 6.45) is -4.71. The first-order valence-corrected chi connectivity index (χ1v) is 6.47. The van der Waals surface area contributed by atoms with Crippen LogP contribution in [-0.2, 0) is 4.79 Å². The van der Waals surface area contributed by atoms with Crippen LogP contribution in [0, 0.1) is 24.6 Å². The molecule has 1 amide bonds. The van der Waals surface area contributed by atoms with Crippen LogP contribution in [0.1, 0.15) is 15.9 Å².